The summed E-state index contributed by atoms with van der Waals surface area (Å²) in [6.07, 6.45) is 0.107. The Labute approximate surface area is 194 Å². The van der Waals surface area contributed by atoms with Crippen molar-refractivity contribution in [3.63, 3.8) is 0 Å². The third-order valence-corrected chi connectivity index (χ3v) is 7.50. The van der Waals surface area contributed by atoms with Gasteiger partial charge in [0.2, 0.25) is 0 Å². The second-order valence-corrected chi connectivity index (χ2v) is 10.8. The Morgan fingerprint density at radius 3 is 2.35 bits per heavy atom. The lowest BCUT2D eigenvalue weighted by molar-refractivity contribution is -0.146. The highest BCUT2D eigenvalue weighted by Gasteiger charge is 2.38. The van der Waals surface area contributed by atoms with E-state index in [-0.39, 0.29) is 22.6 Å². The lowest BCUT2D eigenvalue weighted by atomic mass is 9.85. The molecule has 2 heterocycles. The first kappa shape index (κ1) is 24.7. The van der Waals surface area contributed by atoms with Gasteiger partial charge < -0.3 is 14.2 Å². The number of rotatable bonds is 6. The number of aromatic nitrogens is 2. The highest BCUT2D eigenvalue weighted by Crippen LogP contribution is 2.31. The van der Waals surface area contributed by atoms with Crippen LogP contribution in [0.5, 0.6) is 5.75 Å². The number of piperazine rings is 1. The van der Waals surface area contributed by atoms with Gasteiger partial charge in [0.05, 0.1) is 11.5 Å². The van der Waals surface area contributed by atoms with Gasteiger partial charge in [-0.25, -0.2) is 12.8 Å². The fraction of sp³-hybridized carbons (Fsp3) is 0.619. The highest BCUT2D eigenvalue weighted by atomic mass is 32.2. The van der Waals surface area contributed by atoms with Crippen LogP contribution in [0.4, 0.5) is 23.6 Å². The van der Waals surface area contributed by atoms with Crippen LogP contribution >= 0.6 is 0 Å². The van der Waals surface area contributed by atoms with Gasteiger partial charge in [-0.3, -0.25) is 4.90 Å². The average molecular weight is 507 g/mol. The molecule has 1 saturated carbocycles. The number of sulfone groups is 1. The lowest BCUT2D eigenvalue weighted by Crippen LogP contribution is -2.51. The third kappa shape index (κ3) is 5.80. The van der Waals surface area contributed by atoms with Gasteiger partial charge in [-0.05, 0) is 55.0 Å². The third-order valence-electron chi connectivity index (χ3n) is 6.39. The van der Waals surface area contributed by atoms with E-state index >= 15 is 0 Å². The van der Waals surface area contributed by atoms with Crippen molar-refractivity contribution in [2.45, 2.75) is 42.8 Å². The van der Waals surface area contributed by atoms with Crippen molar-refractivity contribution in [3.05, 3.63) is 29.8 Å². The molecule has 4 rings (SSSR count). The average Bonchev–Trinajstić information content (AvgIpc) is 3.29. The largest absolute Gasteiger partial charge is 0.490 e. The maximum Gasteiger partial charge on any atom is 0.455 e. The predicted octanol–water partition coefficient (Wildman–Crippen LogP) is 3.39. The molecule has 8 nitrogen and oxygen atoms in total. The van der Waals surface area contributed by atoms with E-state index in [2.05, 4.69) is 15.0 Å². The van der Waals surface area contributed by atoms with Crippen molar-refractivity contribution in [1.29, 1.82) is 0 Å². The first-order chi connectivity index (χ1) is 16.0. The van der Waals surface area contributed by atoms with Gasteiger partial charge in [-0.2, -0.15) is 18.2 Å². The first-order valence-corrected chi connectivity index (χ1v) is 12.9. The normalized spacial score (nSPS) is 22.7. The number of hydrogen-bond donors (Lipinski definition) is 0. The highest BCUT2D eigenvalue weighted by molar-refractivity contribution is 7.90. The van der Waals surface area contributed by atoms with Gasteiger partial charge in [0.1, 0.15) is 0 Å². The maximum absolute atomic E-state index is 14.2. The fourth-order valence-electron chi connectivity index (χ4n) is 4.45. The number of ether oxygens (including phenoxy) is 1. The molecule has 0 radical (unpaired) electrons. The molecule has 1 aliphatic carbocycles. The van der Waals surface area contributed by atoms with E-state index in [1.807, 2.05) is 0 Å². The van der Waals surface area contributed by atoms with Crippen LogP contribution in [0.25, 0.3) is 0 Å². The van der Waals surface area contributed by atoms with Crippen LogP contribution in [0.1, 0.15) is 31.5 Å². The van der Waals surface area contributed by atoms with Crippen LogP contribution in [0.2, 0.25) is 0 Å². The number of anilines is 1. The van der Waals surface area contributed by atoms with E-state index in [9.17, 15) is 26.0 Å². The predicted molar refractivity (Wildman–Crippen MR) is 114 cm³/mol. The summed E-state index contributed by atoms with van der Waals surface area (Å²) >= 11 is 0. The molecule has 1 saturated heterocycles. The zero-order valence-electron chi connectivity index (χ0n) is 18.6. The van der Waals surface area contributed by atoms with Crippen LogP contribution < -0.4 is 9.64 Å². The van der Waals surface area contributed by atoms with Crippen LogP contribution in [0.3, 0.4) is 0 Å². The summed E-state index contributed by atoms with van der Waals surface area (Å²) in [5, 5.41) is 3.01. The summed E-state index contributed by atoms with van der Waals surface area (Å²) in [6, 6.07) is 3.92. The minimum atomic E-state index is -4.63. The number of nitrogens with zero attached hydrogens (tertiary/aromatic N) is 4. The van der Waals surface area contributed by atoms with Crippen molar-refractivity contribution < 1.29 is 35.2 Å². The quantitative estimate of drug-likeness (QED) is 0.551. The fourth-order valence-corrected chi connectivity index (χ4v) is 5.08. The van der Waals surface area contributed by atoms with Gasteiger partial charge in [0.25, 0.3) is 5.82 Å². The molecule has 0 N–H and O–H groups in total. The summed E-state index contributed by atoms with van der Waals surface area (Å²) in [5.41, 5.74) is 0. The minimum Gasteiger partial charge on any atom is -0.490 e. The molecule has 1 aromatic carbocycles. The molecule has 34 heavy (non-hydrogen) atoms. The maximum atomic E-state index is 14.2. The Kier molecular flexibility index (Phi) is 7.04. The van der Waals surface area contributed by atoms with Crippen LogP contribution in [0.15, 0.2) is 27.6 Å². The molecule has 2 fully saturated rings. The summed E-state index contributed by atoms with van der Waals surface area (Å²) in [4.78, 5) is 7.37. The Morgan fingerprint density at radius 1 is 1.12 bits per heavy atom. The van der Waals surface area contributed by atoms with Crippen LogP contribution in [0, 0.1) is 11.7 Å². The monoisotopic (exact) mass is 506 g/mol. The second kappa shape index (κ2) is 9.68. The molecule has 0 unspecified atom stereocenters. The molecule has 0 amide bonds. The number of halogens is 4. The van der Waals surface area contributed by atoms with Gasteiger partial charge in [-0.15, -0.1) is 0 Å². The Hall–Kier alpha value is -2.41. The zero-order chi connectivity index (χ0) is 24.5. The van der Waals surface area contributed by atoms with E-state index in [0.717, 1.165) is 38.0 Å². The Balaban J connectivity index is 1.21. The molecule has 13 heteroatoms. The summed E-state index contributed by atoms with van der Waals surface area (Å²) in [5.74, 6) is -1.65. The van der Waals surface area contributed by atoms with Gasteiger partial charge in [0, 0.05) is 38.5 Å². The molecule has 0 atom stereocenters. The molecular formula is C21H26F4N4O4S. The molecule has 188 valence electrons. The van der Waals surface area contributed by atoms with E-state index < -0.39 is 27.7 Å². The van der Waals surface area contributed by atoms with Crippen molar-refractivity contribution in [2.24, 2.45) is 5.92 Å². The van der Waals surface area contributed by atoms with Gasteiger partial charge in [-0.1, -0.05) is 0 Å². The summed E-state index contributed by atoms with van der Waals surface area (Å²) in [6.45, 7) is 2.74. The number of benzene rings is 1. The molecule has 1 aromatic heterocycles. The zero-order valence-corrected chi connectivity index (χ0v) is 19.4. The topological polar surface area (TPSA) is 88.8 Å². The smallest absolute Gasteiger partial charge is 0.455 e. The standard InChI is InChI=1S/C21H26F4N4O4S/c1-34(30,31)16-6-7-18(17(22)12-16)32-13-14-2-4-15(5-3-14)28-8-10-29(11-9-28)20-26-19(27-33-20)21(23,24)25/h6-7,12,14-15H,2-5,8-11,13H2,1H3. The van der Waals surface area contributed by atoms with Crippen molar-refractivity contribution in [3.8, 4) is 5.75 Å². The molecule has 2 aromatic rings. The van der Waals surface area contributed by atoms with Crippen LogP contribution in [-0.4, -0.2) is 68.5 Å². The Bertz CT molecular complexity index is 1090. The van der Waals surface area contributed by atoms with E-state index in [0.29, 0.717) is 38.8 Å². The van der Waals surface area contributed by atoms with E-state index in [1.165, 1.54) is 12.1 Å². The molecule has 1 aliphatic heterocycles. The van der Waals surface area contributed by atoms with Crippen molar-refractivity contribution in [1.82, 2.24) is 15.0 Å². The number of alkyl halides is 3. The molecule has 2 aliphatic rings. The molecular weight excluding hydrogens is 480 g/mol. The van der Waals surface area contributed by atoms with Gasteiger partial charge in [0.15, 0.2) is 21.4 Å². The molecule has 0 spiro atoms. The van der Waals surface area contributed by atoms with E-state index in [4.69, 9.17) is 9.26 Å². The lowest BCUT2D eigenvalue weighted by Gasteiger charge is -2.41. The second-order valence-electron chi connectivity index (χ2n) is 8.77. The van der Waals surface area contributed by atoms with Gasteiger partial charge >= 0.3 is 12.2 Å². The van der Waals surface area contributed by atoms with Crippen LogP contribution in [-0.2, 0) is 16.0 Å². The minimum absolute atomic E-state index is 0.0420. The summed E-state index contributed by atoms with van der Waals surface area (Å²) in [7, 11) is -3.48. The van der Waals surface area contributed by atoms with Crippen molar-refractivity contribution >= 4 is 15.9 Å². The molecule has 0 bridgehead atoms. The summed E-state index contributed by atoms with van der Waals surface area (Å²) < 4.78 is 85.6. The SMILES string of the molecule is CS(=O)(=O)c1ccc(OCC2CCC(N3CCN(c4nc(C(F)(F)F)no4)CC3)CC2)c(F)c1. The van der Waals surface area contributed by atoms with Crippen molar-refractivity contribution in [2.75, 3.05) is 43.9 Å². The first-order valence-electron chi connectivity index (χ1n) is 11.0. The number of hydrogen-bond acceptors (Lipinski definition) is 8. The Morgan fingerprint density at radius 2 is 1.79 bits per heavy atom. The van der Waals surface area contributed by atoms with E-state index in [1.54, 1.807) is 4.90 Å².